The summed E-state index contributed by atoms with van der Waals surface area (Å²) in [5, 5.41) is 2.97. The predicted molar refractivity (Wildman–Crippen MR) is 76.3 cm³/mol. The second-order valence-corrected chi connectivity index (χ2v) is 5.24. The molecule has 1 aromatic rings. The van der Waals surface area contributed by atoms with Gasteiger partial charge in [-0.2, -0.15) is 0 Å². The minimum absolute atomic E-state index is 0.0129. The molecule has 108 valence electrons. The highest BCUT2D eigenvalue weighted by Gasteiger charge is 2.31. The number of carbonyl (C=O) groups excluding carboxylic acids is 2. The van der Waals surface area contributed by atoms with Crippen LogP contribution in [0.3, 0.4) is 0 Å². The molecule has 4 nitrogen and oxygen atoms in total. The van der Waals surface area contributed by atoms with Crippen molar-refractivity contribution in [3.63, 3.8) is 0 Å². The quantitative estimate of drug-likeness (QED) is 0.839. The summed E-state index contributed by atoms with van der Waals surface area (Å²) in [7, 11) is 0. The molecule has 0 spiro atoms. The van der Waals surface area contributed by atoms with Crippen molar-refractivity contribution in [2.75, 3.05) is 6.61 Å². The topological polar surface area (TPSA) is 55.4 Å². The van der Waals surface area contributed by atoms with Crippen LogP contribution in [-0.4, -0.2) is 24.5 Å². The largest absolute Gasteiger partial charge is 0.466 e. The second-order valence-electron chi connectivity index (χ2n) is 5.24. The summed E-state index contributed by atoms with van der Waals surface area (Å²) < 4.78 is 5.05. The fourth-order valence-corrected chi connectivity index (χ4v) is 2.65. The first-order chi connectivity index (χ1) is 9.60. The summed E-state index contributed by atoms with van der Waals surface area (Å²) in [6.07, 6.45) is 1.62. The summed E-state index contributed by atoms with van der Waals surface area (Å²) in [5.41, 5.74) is 2.26. The Kier molecular flexibility index (Phi) is 4.77. The Morgan fingerprint density at radius 1 is 1.40 bits per heavy atom. The van der Waals surface area contributed by atoms with Crippen molar-refractivity contribution in [1.82, 2.24) is 5.32 Å². The fraction of sp³-hybridized carbons (Fsp3) is 0.500. The lowest BCUT2D eigenvalue weighted by Gasteiger charge is -2.23. The van der Waals surface area contributed by atoms with E-state index in [0.717, 1.165) is 12.0 Å². The number of amides is 1. The van der Waals surface area contributed by atoms with E-state index >= 15 is 0 Å². The van der Waals surface area contributed by atoms with Gasteiger partial charge >= 0.3 is 5.97 Å². The van der Waals surface area contributed by atoms with Gasteiger partial charge in [-0.3, -0.25) is 9.59 Å². The molecular formula is C16H21NO3. The monoisotopic (exact) mass is 275 g/mol. The standard InChI is InChI=1S/C16H21NO3/c1-3-20-16(19)10-13(14-8-9-15(18)17-14)12-6-4-11(2)5-7-12/h4-7,13-14H,3,8-10H2,1-2H3,(H,17,18). The van der Waals surface area contributed by atoms with Crippen molar-refractivity contribution < 1.29 is 14.3 Å². The van der Waals surface area contributed by atoms with Crippen LogP contribution in [0.4, 0.5) is 0 Å². The molecule has 2 unspecified atom stereocenters. The first-order valence-corrected chi connectivity index (χ1v) is 7.11. The molecule has 0 aromatic heterocycles. The van der Waals surface area contributed by atoms with Crippen LogP contribution in [0, 0.1) is 6.92 Å². The van der Waals surface area contributed by atoms with Crippen LogP contribution in [0.5, 0.6) is 0 Å². The smallest absolute Gasteiger partial charge is 0.306 e. The van der Waals surface area contributed by atoms with Gasteiger partial charge in [-0.05, 0) is 25.8 Å². The average molecular weight is 275 g/mol. The maximum Gasteiger partial charge on any atom is 0.306 e. The van der Waals surface area contributed by atoms with Crippen molar-refractivity contribution in [3.8, 4) is 0 Å². The third-order valence-corrected chi connectivity index (χ3v) is 3.71. The summed E-state index contributed by atoms with van der Waals surface area (Å²) in [6, 6.07) is 8.15. The molecule has 0 radical (unpaired) electrons. The van der Waals surface area contributed by atoms with Gasteiger partial charge in [0.1, 0.15) is 0 Å². The molecule has 1 aliphatic heterocycles. The number of carbonyl (C=O) groups is 2. The number of benzene rings is 1. The molecule has 1 fully saturated rings. The van der Waals surface area contributed by atoms with E-state index in [1.165, 1.54) is 5.56 Å². The molecule has 0 aliphatic carbocycles. The molecule has 1 heterocycles. The molecule has 2 atom stereocenters. The van der Waals surface area contributed by atoms with Crippen molar-refractivity contribution in [1.29, 1.82) is 0 Å². The number of hydrogen-bond acceptors (Lipinski definition) is 3. The number of nitrogens with one attached hydrogen (secondary N) is 1. The SMILES string of the molecule is CCOC(=O)CC(c1ccc(C)cc1)C1CCC(=O)N1. The van der Waals surface area contributed by atoms with Crippen LogP contribution < -0.4 is 5.32 Å². The third-order valence-electron chi connectivity index (χ3n) is 3.71. The highest BCUT2D eigenvalue weighted by atomic mass is 16.5. The number of esters is 1. The van der Waals surface area contributed by atoms with Gasteiger partial charge in [0.05, 0.1) is 13.0 Å². The molecule has 2 rings (SSSR count). The van der Waals surface area contributed by atoms with Gasteiger partial charge in [-0.1, -0.05) is 29.8 Å². The van der Waals surface area contributed by atoms with E-state index in [2.05, 4.69) is 5.32 Å². The van der Waals surface area contributed by atoms with Crippen LogP contribution in [-0.2, 0) is 14.3 Å². The minimum atomic E-state index is -0.209. The molecule has 0 saturated carbocycles. The van der Waals surface area contributed by atoms with Gasteiger partial charge in [-0.25, -0.2) is 0 Å². The van der Waals surface area contributed by atoms with Gasteiger partial charge < -0.3 is 10.1 Å². The molecule has 20 heavy (non-hydrogen) atoms. The molecule has 1 saturated heterocycles. The van der Waals surface area contributed by atoms with Crippen LogP contribution in [0.15, 0.2) is 24.3 Å². The summed E-state index contributed by atoms with van der Waals surface area (Å²) in [5.74, 6) is -0.156. The Bertz CT molecular complexity index is 481. The van der Waals surface area contributed by atoms with Gasteiger partial charge in [0.25, 0.3) is 0 Å². The van der Waals surface area contributed by atoms with E-state index in [1.807, 2.05) is 31.2 Å². The lowest BCUT2D eigenvalue weighted by atomic mass is 9.87. The minimum Gasteiger partial charge on any atom is -0.466 e. The van der Waals surface area contributed by atoms with Crippen LogP contribution in [0.25, 0.3) is 0 Å². The maximum atomic E-state index is 11.8. The summed E-state index contributed by atoms with van der Waals surface area (Å²) >= 11 is 0. The normalized spacial score (nSPS) is 19.5. The zero-order valence-electron chi connectivity index (χ0n) is 12.0. The first kappa shape index (κ1) is 14.6. The second kappa shape index (κ2) is 6.55. The molecule has 0 bridgehead atoms. The molecule has 1 amide bonds. The third kappa shape index (κ3) is 3.59. The lowest BCUT2D eigenvalue weighted by Crippen LogP contribution is -2.33. The van der Waals surface area contributed by atoms with Crippen LogP contribution in [0.2, 0.25) is 0 Å². The zero-order chi connectivity index (χ0) is 14.5. The van der Waals surface area contributed by atoms with E-state index in [-0.39, 0.29) is 23.8 Å². The van der Waals surface area contributed by atoms with E-state index in [0.29, 0.717) is 19.4 Å². The van der Waals surface area contributed by atoms with Gasteiger partial charge in [-0.15, -0.1) is 0 Å². The molecule has 4 heteroatoms. The van der Waals surface area contributed by atoms with E-state index < -0.39 is 0 Å². The van der Waals surface area contributed by atoms with Gasteiger partial charge in [0, 0.05) is 18.4 Å². The predicted octanol–water partition coefficient (Wildman–Crippen LogP) is 2.31. The number of ether oxygens (including phenoxy) is 1. The Balaban J connectivity index is 2.17. The Morgan fingerprint density at radius 3 is 2.65 bits per heavy atom. The lowest BCUT2D eigenvalue weighted by molar-refractivity contribution is -0.143. The van der Waals surface area contributed by atoms with Crippen molar-refractivity contribution in [2.45, 2.75) is 45.1 Å². The summed E-state index contributed by atoms with van der Waals surface area (Å²) in [6.45, 7) is 4.22. The Morgan fingerprint density at radius 2 is 2.10 bits per heavy atom. The van der Waals surface area contributed by atoms with Crippen molar-refractivity contribution in [2.24, 2.45) is 0 Å². The van der Waals surface area contributed by atoms with Crippen molar-refractivity contribution >= 4 is 11.9 Å². The first-order valence-electron chi connectivity index (χ1n) is 7.11. The highest BCUT2D eigenvalue weighted by Crippen LogP contribution is 2.29. The number of hydrogen-bond donors (Lipinski definition) is 1. The molecule has 1 aromatic carbocycles. The number of aryl methyl sites for hydroxylation is 1. The number of rotatable bonds is 5. The highest BCUT2D eigenvalue weighted by molar-refractivity contribution is 5.79. The Labute approximate surface area is 119 Å². The zero-order valence-corrected chi connectivity index (χ0v) is 12.0. The molecule has 1 N–H and O–H groups in total. The molecule has 1 aliphatic rings. The Hall–Kier alpha value is -1.84. The van der Waals surface area contributed by atoms with E-state index in [4.69, 9.17) is 4.74 Å². The maximum absolute atomic E-state index is 11.8. The van der Waals surface area contributed by atoms with Gasteiger partial charge in [0.15, 0.2) is 0 Å². The van der Waals surface area contributed by atoms with Crippen LogP contribution >= 0.6 is 0 Å². The summed E-state index contributed by atoms with van der Waals surface area (Å²) in [4.78, 5) is 23.2. The van der Waals surface area contributed by atoms with E-state index in [1.54, 1.807) is 6.92 Å². The van der Waals surface area contributed by atoms with Gasteiger partial charge in [0.2, 0.25) is 5.91 Å². The molecular weight excluding hydrogens is 254 g/mol. The van der Waals surface area contributed by atoms with Crippen molar-refractivity contribution in [3.05, 3.63) is 35.4 Å². The fourth-order valence-electron chi connectivity index (χ4n) is 2.65. The average Bonchev–Trinajstić information content (AvgIpc) is 2.84. The van der Waals surface area contributed by atoms with Crippen LogP contribution in [0.1, 0.15) is 43.2 Å². The van der Waals surface area contributed by atoms with E-state index in [9.17, 15) is 9.59 Å².